The smallest absolute Gasteiger partial charge is 0.306 e. The van der Waals surface area contributed by atoms with E-state index in [0.29, 0.717) is 16.9 Å². The number of hydrogen-bond donors (Lipinski definition) is 2. The number of aromatic nitrogens is 1. The number of benzene rings is 2. The van der Waals surface area contributed by atoms with Gasteiger partial charge in [-0.1, -0.05) is 48.5 Å². The van der Waals surface area contributed by atoms with Gasteiger partial charge in [-0.05, 0) is 49.9 Å². The van der Waals surface area contributed by atoms with Crippen LogP contribution in [0.5, 0.6) is 0 Å². The largest absolute Gasteiger partial charge is 0.453 e. The number of ether oxygens (including phenoxy) is 1. The maximum Gasteiger partial charge on any atom is 0.306 e. The van der Waals surface area contributed by atoms with Crippen LogP contribution < -0.4 is 10.9 Å². The number of H-pyrrole nitrogens is 1. The van der Waals surface area contributed by atoms with Crippen molar-refractivity contribution in [2.24, 2.45) is 0 Å². The minimum atomic E-state index is -0.992. The molecule has 0 radical (unpaired) electrons. The standard InChI is InChI=1S/C26H25N3O4/c1-16-20(17(2)28-26(32)22(16)15-27)13-14-24(30)33-18(3)25(31)29-23-12-8-7-11-21(23)19-9-5-4-6-10-19/h4-12,18H,13-14H2,1-3H3,(H,28,32)(H,29,31). The van der Waals surface area contributed by atoms with E-state index in [2.05, 4.69) is 10.3 Å². The zero-order valence-electron chi connectivity index (χ0n) is 18.8. The van der Waals surface area contributed by atoms with Gasteiger partial charge in [-0.2, -0.15) is 5.26 Å². The van der Waals surface area contributed by atoms with E-state index in [4.69, 9.17) is 4.74 Å². The average molecular weight is 444 g/mol. The van der Waals surface area contributed by atoms with Crippen molar-refractivity contribution in [2.45, 2.75) is 39.7 Å². The van der Waals surface area contributed by atoms with Gasteiger partial charge in [0.25, 0.3) is 11.5 Å². The van der Waals surface area contributed by atoms with Gasteiger partial charge in [-0.15, -0.1) is 0 Å². The Hall–Kier alpha value is -4.18. The summed E-state index contributed by atoms with van der Waals surface area (Å²) in [5.74, 6) is -0.979. The summed E-state index contributed by atoms with van der Waals surface area (Å²) in [4.78, 5) is 39.5. The van der Waals surface area contributed by atoms with Crippen molar-refractivity contribution in [3.05, 3.63) is 87.3 Å². The molecule has 0 aliphatic heterocycles. The van der Waals surface area contributed by atoms with E-state index in [0.717, 1.165) is 16.7 Å². The molecule has 3 aromatic rings. The van der Waals surface area contributed by atoms with Crippen LogP contribution in [0.3, 0.4) is 0 Å². The molecule has 1 unspecified atom stereocenters. The Morgan fingerprint density at radius 1 is 1.09 bits per heavy atom. The summed E-state index contributed by atoms with van der Waals surface area (Å²) in [7, 11) is 0. The Kier molecular flexibility index (Phi) is 7.42. The molecule has 2 N–H and O–H groups in total. The monoisotopic (exact) mass is 443 g/mol. The molecule has 168 valence electrons. The molecule has 2 aromatic carbocycles. The molecule has 0 saturated heterocycles. The Morgan fingerprint density at radius 3 is 2.45 bits per heavy atom. The number of para-hydroxylation sites is 1. The first-order valence-electron chi connectivity index (χ1n) is 10.6. The lowest BCUT2D eigenvalue weighted by Crippen LogP contribution is -2.30. The Bertz CT molecular complexity index is 1270. The van der Waals surface area contributed by atoms with E-state index in [1.54, 1.807) is 19.9 Å². The second kappa shape index (κ2) is 10.4. The highest BCUT2D eigenvalue weighted by molar-refractivity contribution is 5.98. The number of carbonyl (C=O) groups is 2. The Balaban J connectivity index is 1.63. The van der Waals surface area contributed by atoms with Crippen molar-refractivity contribution in [1.82, 2.24) is 4.98 Å². The van der Waals surface area contributed by atoms with Crippen LogP contribution >= 0.6 is 0 Å². The first-order chi connectivity index (χ1) is 15.8. The van der Waals surface area contributed by atoms with E-state index in [-0.39, 0.29) is 18.4 Å². The third kappa shape index (κ3) is 5.55. The number of aromatic amines is 1. The van der Waals surface area contributed by atoms with Crippen LogP contribution in [0.1, 0.15) is 35.7 Å². The summed E-state index contributed by atoms with van der Waals surface area (Å²) in [6.07, 6.45) is -0.696. The fourth-order valence-electron chi connectivity index (χ4n) is 3.65. The predicted octanol–water partition coefficient (Wildman–Crippen LogP) is 4.03. The maximum absolute atomic E-state index is 12.7. The normalized spacial score (nSPS) is 11.3. The molecule has 0 aliphatic carbocycles. The molecule has 1 aromatic heterocycles. The van der Waals surface area contributed by atoms with Gasteiger partial charge in [0.2, 0.25) is 0 Å². The van der Waals surface area contributed by atoms with Crippen molar-refractivity contribution in [3.63, 3.8) is 0 Å². The molecule has 1 amide bonds. The van der Waals surface area contributed by atoms with Crippen LogP contribution in [0, 0.1) is 25.2 Å². The lowest BCUT2D eigenvalue weighted by Gasteiger charge is -2.16. The summed E-state index contributed by atoms with van der Waals surface area (Å²) in [6, 6.07) is 19.0. The van der Waals surface area contributed by atoms with Gasteiger partial charge in [0.05, 0.1) is 0 Å². The SMILES string of the molecule is Cc1[nH]c(=O)c(C#N)c(C)c1CCC(=O)OC(C)C(=O)Nc1ccccc1-c1ccccc1. The number of carbonyl (C=O) groups excluding carboxylic acids is 2. The van der Waals surface area contributed by atoms with Crippen LogP contribution in [0.2, 0.25) is 0 Å². The summed E-state index contributed by atoms with van der Waals surface area (Å²) < 4.78 is 5.32. The highest BCUT2D eigenvalue weighted by Crippen LogP contribution is 2.27. The first kappa shape index (κ1) is 23.5. The minimum absolute atomic E-state index is 0.0107. The third-order valence-corrected chi connectivity index (χ3v) is 5.45. The quantitative estimate of drug-likeness (QED) is 0.536. The highest BCUT2D eigenvalue weighted by Gasteiger charge is 2.20. The van der Waals surface area contributed by atoms with Crippen LogP contribution in [0.4, 0.5) is 5.69 Å². The summed E-state index contributed by atoms with van der Waals surface area (Å²) in [6.45, 7) is 4.92. The number of nitriles is 1. The van der Waals surface area contributed by atoms with Gasteiger partial charge in [-0.3, -0.25) is 14.4 Å². The van der Waals surface area contributed by atoms with E-state index in [1.165, 1.54) is 6.92 Å². The molecule has 0 fully saturated rings. The van der Waals surface area contributed by atoms with Gasteiger partial charge in [0, 0.05) is 23.4 Å². The minimum Gasteiger partial charge on any atom is -0.453 e. The summed E-state index contributed by atoms with van der Waals surface area (Å²) >= 11 is 0. The van der Waals surface area contributed by atoms with Crippen LogP contribution in [-0.2, 0) is 20.7 Å². The topological polar surface area (TPSA) is 112 Å². The predicted molar refractivity (Wildman–Crippen MR) is 126 cm³/mol. The molecule has 33 heavy (non-hydrogen) atoms. The molecule has 7 nitrogen and oxygen atoms in total. The molecule has 0 aliphatic rings. The summed E-state index contributed by atoms with van der Waals surface area (Å²) in [5, 5.41) is 12.0. The third-order valence-electron chi connectivity index (χ3n) is 5.45. The lowest BCUT2D eigenvalue weighted by molar-refractivity contribution is -0.153. The molecule has 3 rings (SSSR count). The number of nitrogens with one attached hydrogen (secondary N) is 2. The van der Waals surface area contributed by atoms with Gasteiger partial charge in [0.1, 0.15) is 11.6 Å². The zero-order chi connectivity index (χ0) is 24.0. The Labute approximate surface area is 192 Å². The average Bonchev–Trinajstić information content (AvgIpc) is 2.79. The maximum atomic E-state index is 12.7. The fraction of sp³-hybridized carbons (Fsp3) is 0.231. The molecule has 1 heterocycles. The van der Waals surface area contributed by atoms with Gasteiger partial charge < -0.3 is 15.0 Å². The van der Waals surface area contributed by atoms with Crippen LogP contribution in [-0.4, -0.2) is 23.0 Å². The van der Waals surface area contributed by atoms with Crippen molar-refractivity contribution in [3.8, 4) is 17.2 Å². The number of anilines is 1. The van der Waals surface area contributed by atoms with Crippen molar-refractivity contribution < 1.29 is 14.3 Å². The number of pyridine rings is 1. The number of hydrogen-bond acceptors (Lipinski definition) is 5. The second-order valence-electron chi connectivity index (χ2n) is 7.70. The van der Waals surface area contributed by atoms with Crippen molar-refractivity contribution in [1.29, 1.82) is 5.26 Å². The van der Waals surface area contributed by atoms with Gasteiger partial charge in [-0.25, -0.2) is 0 Å². The molecular weight excluding hydrogens is 418 g/mol. The molecule has 0 saturated carbocycles. The molecule has 1 atom stereocenters. The molecule has 0 bridgehead atoms. The van der Waals surface area contributed by atoms with Gasteiger partial charge >= 0.3 is 5.97 Å². The number of rotatable bonds is 7. The highest BCUT2D eigenvalue weighted by atomic mass is 16.5. The lowest BCUT2D eigenvalue weighted by atomic mass is 9.99. The number of aryl methyl sites for hydroxylation is 1. The first-order valence-corrected chi connectivity index (χ1v) is 10.6. The van der Waals surface area contributed by atoms with E-state index >= 15 is 0 Å². The summed E-state index contributed by atoms with van der Waals surface area (Å²) in [5.41, 5.74) is 3.91. The van der Waals surface area contributed by atoms with Crippen molar-refractivity contribution in [2.75, 3.05) is 5.32 Å². The number of amides is 1. The molecular formula is C26H25N3O4. The Morgan fingerprint density at radius 2 is 1.76 bits per heavy atom. The fourth-order valence-corrected chi connectivity index (χ4v) is 3.65. The zero-order valence-corrected chi connectivity index (χ0v) is 18.8. The van der Waals surface area contributed by atoms with E-state index in [1.807, 2.05) is 54.6 Å². The molecule has 7 heteroatoms. The van der Waals surface area contributed by atoms with Gasteiger partial charge in [0.15, 0.2) is 6.10 Å². The van der Waals surface area contributed by atoms with E-state index < -0.39 is 23.5 Å². The molecule has 0 spiro atoms. The van der Waals surface area contributed by atoms with Crippen LogP contribution in [0.15, 0.2) is 59.4 Å². The number of nitrogens with zero attached hydrogens (tertiary/aromatic N) is 1. The van der Waals surface area contributed by atoms with Crippen LogP contribution in [0.25, 0.3) is 11.1 Å². The second-order valence-corrected chi connectivity index (χ2v) is 7.70. The number of esters is 1. The van der Waals surface area contributed by atoms with E-state index in [9.17, 15) is 19.6 Å². The van der Waals surface area contributed by atoms with Crippen molar-refractivity contribution >= 4 is 17.6 Å².